The molecule has 1 fully saturated rings. The van der Waals surface area contributed by atoms with E-state index in [-0.39, 0.29) is 42.9 Å². The summed E-state index contributed by atoms with van der Waals surface area (Å²) in [6.45, 7) is 3.38. The van der Waals surface area contributed by atoms with Crippen LogP contribution < -0.4 is 24.4 Å². The van der Waals surface area contributed by atoms with Gasteiger partial charge in [-0.3, -0.25) is 14.5 Å². The maximum absolute atomic E-state index is 13.1. The van der Waals surface area contributed by atoms with Crippen LogP contribution in [0, 0.1) is 0 Å². The smallest absolute Gasteiger partial charge is 0.265 e. The minimum Gasteiger partial charge on any atom is -0.486 e. The Morgan fingerprint density at radius 1 is 0.972 bits per heavy atom. The fourth-order valence-electron chi connectivity index (χ4n) is 4.30. The molecule has 0 bridgehead atoms. The van der Waals surface area contributed by atoms with Crippen molar-refractivity contribution in [2.24, 2.45) is 0 Å². The fraction of sp³-hybridized carbons (Fsp3) is 0.417. The van der Waals surface area contributed by atoms with E-state index in [2.05, 4.69) is 5.32 Å². The number of benzene rings is 2. The molecule has 3 aliphatic heterocycles. The Balaban J connectivity index is 1.33. The monoisotopic (exact) mass is 517 g/mol. The molecule has 3 heterocycles. The van der Waals surface area contributed by atoms with Gasteiger partial charge in [0.15, 0.2) is 18.1 Å². The third-order valence-corrected chi connectivity index (χ3v) is 8.12. The first kappa shape index (κ1) is 24.3. The molecule has 0 aromatic heterocycles. The largest absolute Gasteiger partial charge is 0.486 e. The van der Waals surface area contributed by atoms with Gasteiger partial charge in [-0.15, -0.1) is 0 Å². The number of fused-ring (bicyclic) bond motifs is 2. The van der Waals surface area contributed by atoms with E-state index < -0.39 is 21.8 Å². The molecule has 2 amide bonds. The highest BCUT2D eigenvalue weighted by Gasteiger charge is 2.32. The standard InChI is InChI=1S/C24H27N3O8S/c1-16(17-2-4-21-22(12-17)34-11-10-33-21)25-23(28)14-27-19-13-18(3-5-20(19)35-15-24(27)29)36(30,31)26-6-8-32-9-7-26/h2-5,12-13,16H,6-11,14-15H2,1H3,(H,25,28). The van der Waals surface area contributed by atoms with Gasteiger partial charge in [-0.05, 0) is 42.8 Å². The average molecular weight is 518 g/mol. The van der Waals surface area contributed by atoms with Crippen LogP contribution in [0.25, 0.3) is 0 Å². The molecule has 2 aromatic carbocycles. The number of nitrogens with zero attached hydrogens (tertiary/aromatic N) is 2. The van der Waals surface area contributed by atoms with Gasteiger partial charge in [0.25, 0.3) is 5.91 Å². The van der Waals surface area contributed by atoms with Gasteiger partial charge in [-0.2, -0.15) is 4.31 Å². The van der Waals surface area contributed by atoms with E-state index >= 15 is 0 Å². The average Bonchev–Trinajstić information content (AvgIpc) is 2.90. The number of carbonyl (C=O) groups excluding carboxylic acids is 2. The van der Waals surface area contributed by atoms with Crippen LogP contribution in [0.5, 0.6) is 17.2 Å². The first-order valence-electron chi connectivity index (χ1n) is 11.7. The molecule has 0 aliphatic carbocycles. The molecule has 12 heteroatoms. The second kappa shape index (κ2) is 9.96. The summed E-state index contributed by atoms with van der Waals surface area (Å²) >= 11 is 0. The number of sulfonamides is 1. The maximum atomic E-state index is 13.1. The number of ether oxygens (including phenoxy) is 4. The van der Waals surface area contributed by atoms with E-state index in [0.717, 1.165) is 5.56 Å². The predicted octanol–water partition coefficient (Wildman–Crippen LogP) is 1.08. The molecule has 1 saturated heterocycles. The van der Waals surface area contributed by atoms with E-state index in [1.807, 2.05) is 19.1 Å². The van der Waals surface area contributed by atoms with Gasteiger partial charge in [0.1, 0.15) is 25.5 Å². The van der Waals surface area contributed by atoms with Gasteiger partial charge in [-0.1, -0.05) is 6.07 Å². The lowest BCUT2D eigenvalue weighted by Crippen LogP contribution is -2.45. The maximum Gasteiger partial charge on any atom is 0.265 e. The van der Waals surface area contributed by atoms with E-state index in [9.17, 15) is 18.0 Å². The van der Waals surface area contributed by atoms with Crippen LogP contribution in [0.2, 0.25) is 0 Å². The van der Waals surface area contributed by atoms with Gasteiger partial charge >= 0.3 is 0 Å². The molecule has 0 saturated carbocycles. The third-order valence-electron chi connectivity index (χ3n) is 6.23. The molecule has 3 aliphatic rings. The van der Waals surface area contributed by atoms with E-state index in [4.69, 9.17) is 18.9 Å². The van der Waals surface area contributed by atoms with E-state index in [0.29, 0.717) is 43.7 Å². The first-order valence-corrected chi connectivity index (χ1v) is 13.1. The number of rotatable bonds is 6. The van der Waals surface area contributed by atoms with Crippen molar-refractivity contribution < 1.29 is 37.0 Å². The molecule has 1 unspecified atom stereocenters. The van der Waals surface area contributed by atoms with Crippen molar-refractivity contribution in [3.63, 3.8) is 0 Å². The second-order valence-corrected chi connectivity index (χ2v) is 10.5. The van der Waals surface area contributed by atoms with Crippen LogP contribution in [0.3, 0.4) is 0 Å². The predicted molar refractivity (Wildman–Crippen MR) is 128 cm³/mol. The molecule has 11 nitrogen and oxygen atoms in total. The minimum absolute atomic E-state index is 0.0245. The fourth-order valence-corrected chi connectivity index (χ4v) is 5.72. The van der Waals surface area contributed by atoms with Crippen LogP contribution >= 0.6 is 0 Å². The lowest BCUT2D eigenvalue weighted by Gasteiger charge is -2.31. The summed E-state index contributed by atoms with van der Waals surface area (Å²) in [5.74, 6) is 0.766. The number of carbonyl (C=O) groups is 2. The minimum atomic E-state index is -3.79. The number of morpholine rings is 1. The highest BCUT2D eigenvalue weighted by Crippen LogP contribution is 2.35. The van der Waals surface area contributed by atoms with Crippen LogP contribution in [-0.2, 0) is 24.3 Å². The van der Waals surface area contributed by atoms with Crippen molar-refractivity contribution in [2.45, 2.75) is 17.9 Å². The summed E-state index contributed by atoms with van der Waals surface area (Å²) < 4.78 is 49.5. The lowest BCUT2D eigenvalue weighted by atomic mass is 10.1. The molecule has 192 valence electrons. The van der Waals surface area contributed by atoms with Crippen LogP contribution in [0.4, 0.5) is 5.69 Å². The van der Waals surface area contributed by atoms with Crippen molar-refractivity contribution in [1.29, 1.82) is 0 Å². The Labute approximate surface area is 208 Å². The van der Waals surface area contributed by atoms with Crippen LogP contribution in [0.1, 0.15) is 18.5 Å². The highest BCUT2D eigenvalue weighted by molar-refractivity contribution is 7.89. The Morgan fingerprint density at radius 2 is 1.69 bits per heavy atom. The van der Waals surface area contributed by atoms with Crippen molar-refractivity contribution >= 4 is 27.5 Å². The number of amides is 2. The van der Waals surface area contributed by atoms with Gasteiger partial charge in [0, 0.05) is 13.1 Å². The summed E-state index contributed by atoms with van der Waals surface area (Å²) in [4.78, 5) is 26.9. The van der Waals surface area contributed by atoms with E-state index in [1.165, 1.54) is 27.4 Å². The number of hydrogen-bond donors (Lipinski definition) is 1. The Morgan fingerprint density at radius 3 is 2.47 bits per heavy atom. The zero-order chi connectivity index (χ0) is 25.3. The summed E-state index contributed by atoms with van der Waals surface area (Å²) in [5.41, 5.74) is 1.06. The van der Waals surface area contributed by atoms with E-state index in [1.54, 1.807) is 6.07 Å². The molecule has 1 N–H and O–H groups in total. The SMILES string of the molecule is CC(NC(=O)CN1C(=O)COc2ccc(S(=O)(=O)N3CCOCC3)cc21)c1ccc2c(c1)OCCO2. The molecule has 5 rings (SSSR count). The summed E-state index contributed by atoms with van der Waals surface area (Å²) in [6.07, 6.45) is 0. The first-order chi connectivity index (χ1) is 17.3. The van der Waals surface area contributed by atoms with Crippen LogP contribution in [-0.4, -0.2) is 77.2 Å². The highest BCUT2D eigenvalue weighted by atomic mass is 32.2. The number of hydrogen-bond acceptors (Lipinski definition) is 8. The van der Waals surface area contributed by atoms with Crippen molar-refractivity contribution in [1.82, 2.24) is 9.62 Å². The molecule has 0 spiro atoms. The third kappa shape index (κ3) is 4.84. The quantitative estimate of drug-likeness (QED) is 0.604. The second-order valence-electron chi connectivity index (χ2n) is 8.61. The zero-order valence-corrected chi connectivity index (χ0v) is 20.6. The van der Waals surface area contributed by atoms with Gasteiger partial charge in [0.2, 0.25) is 15.9 Å². The van der Waals surface area contributed by atoms with Crippen molar-refractivity contribution in [3.05, 3.63) is 42.0 Å². The molecule has 1 atom stereocenters. The Kier molecular flexibility index (Phi) is 6.73. The number of anilines is 1. The lowest BCUT2D eigenvalue weighted by molar-refractivity contribution is -0.125. The molecule has 36 heavy (non-hydrogen) atoms. The normalized spacial score (nSPS) is 18.7. The molecular weight excluding hydrogens is 490 g/mol. The molecule has 2 aromatic rings. The van der Waals surface area contributed by atoms with Gasteiger partial charge in [-0.25, -0.2) is 8.42 Å². The number of nitrogens with one attached hydrogen (secondary N) is 1. The van der Waals surface area contributed by atoms with Gasteiger partial charge in [0.05, 0.1) is 29.8 Å². The topological polar surface area (TPSA) is 124 Å². The summed E-state index contributed by atoms with van der Waals surface area (Å²) in [6, 6.07) is 9.43. The van der Waals surface area contributed by atoms with Gasteiger partial charge < -0.3 is 24.3 Å². The summed E-state index contributed by atoms with van der Waals surface area (Å²) in [5, 5.41) is 2.89. The van der Waals surface area contributed by atoms with Crippen molar-refractivity contribution in [3.8, 4) is 17.2 Å². The molecular formula is C24H27N3O8S. The molecule has 0 radical (unpaired) electrons. The summed E-state index contributed by atoms with van der Waals surface area (Å²) in [7, 11) is -3.79. The Hall–Kier alpha value is -3.35. The zero-order valence-electron chi connectivity index (χ0n) is 19.8. The van der Waals surface area contributed by atoms with Crippen molar-refractivity contribution in [2.75, 3.05) is 57.6 Å². The Bertz CT molecular complexity index is 1280. The van der Waals surface area contributed by atoms with Crippen LogP contribution in [0.15, 0.2) is 41.3 Å².